The fraction of sp³-hybridized carbons (Fsp3) is 0.222. The molecule has 0 N–H and O–H groups in total. The summed E-state index contributed by atoms with van der Waals surface area (Å²) in [5, 5.41) is 3.96. The Hall–Kier alpha value is -2.11. The zero-order valence-corrected chi connectivity index (χ0v) is 8.18. The van der Waals surface area contributed by atoms with Gasteiger partial charge in [0.2, 0.25) is 0 Å². The van der Waals surface area contributed by atoms with E-state index in [4.69, 9.17) is 4.42 Å². The van der Waals surface area contributed by atoms with Gasteiger partial charge >= 0.3 is 5.97 Å². The standard InChI is InChI=1S/C9H8N2O4/c1-11-8(12)7-5(9(13)14-2)4-15-6(7)3-10-11/h3-4H,1-2H3. The van der Waals surface area contributed by atoms with E-state index < -0.39 is 5.97 Å². The first-order valence-corrected chi connectivity index (χ1v) is 4.17. The van der Waals surface area contributed by atoms with Crippen LogP contribution in [-0.2, 0) is 11.8 Å². The summed E-state index contributed by atoms with van der Waals surface area (Å²) in [4.78, 5) is 23.0. The third-order valence-corrected chi connectivity index (χ3v) is 2.08. The van der Waals surface area contributed by atoms with Crippen LogP contribution in [0, 0.1) is 0 Å². The van der Waals surface area contributed by atoms with Crippen molar-refractivity contribution in [2.24, 2.45) is 7.05 Å². The Balaban J connectivity index is 2.84. The molecule has 2 heterocycles. The highest BCUT2D eigenvalue weighted by Gasteiger charge is 2.17. The van der Waals surface area contributed by atoms with Crippen LogP contribution >= 0.6 is 0 Å². The Morgan fingerprint density at radius 1 is 1.60 bits per heavy atom. The van der Waals surface area contributed by atoms with Gasteiger partial charge in [0.05, 0.1) is 13.3 Å². The first-order valence-electron chi connectivity index (χ1n) is 4.17. The molecular formula is C9H8N2O4. The SMILES string of the molecule is COC(=O)c1coc2cnn(C)c(=O)c12. The summed E-state index contributed by atoms with van der Waals surface area (Å²) in [6.07, 6.45) is 2.57. The van der Waals surface area contributed by atoms with Crippen LogP contribution in [0.3, 0.4) is 0 Å². The average molecular weight is 208 g/mol. The first-order chi connectivity index (χ1) is 7.15. The molecule has 0 amide bonds. The minimum Gasteiger partial charge on any atom is -0.465 e. The molecule has 0 radical (unpaired) electrons. The Bertz CT molecular complexity index is 581. The van der Waals surface area contributed by atoms with Gasteiger partial charge in [0.1, 0.15) is 17.2 Å². The smallest absolute Gasteiger partial charge is 0.341 e. The molecule has 2 rings (SSSR count). The summed E-state index contributed by atoms with van der Waals surface area (Å²) in [6.45, 7) is 0. The Kier molecular flexibility index (Phi) is 2.03. The molecular weight excluding hydrogens is 200 g/mol. The number of furan rings is 1. The van der Waals surface area contributed by atoms with Crippen molar-refractivity contribution in [2.45, 2.75) is 0 Å². The molecule has 0 bridgehead atoms. The number of fused-ring (bicyclic) bond motifs is 1. The van der Waals surface area contributed by atoms with Crippen molar-refractivity contribution in [3.05, 3.63) is 28.4 Å². The lowest BCUT2D eigenvalue weighted by Crippen LogP contribution is -2.20. The van der Waals surface area contributed by atoms with Crippen LogP contribution in [-0.4, -0.2) is 22.9 Å². The van der Waals surface area contributed by atoms with Gasteiger partial charge in [-0.2, -0.15) is 5.10 Å². The average Bonchev–Trinajstić information content (AvgIpc) is 2.67. The number of carbonyl (C=O) groups is 1. The van der Waals surface area contributed by atoms with Crippen LogP contribution in [0.1, 0.15) is 10.4 Å². The predicted molar refractivity (Wildman–Crippen MR) is 50.6 cm³/mol. The number of nitrogens with zero attached hydrogens (tertiary/aromatic N) is 2. The molecule has 0 aliphatic rings. The van der Waals surface area contributed by atoms with E-state index in [1.807, 2.05) is 0 Å². The lowest BCUT2D eigenvalue weighted by atomic mass is 10.2. The highest BCUT2D eigenvalue weighted by molar-refractivity contribution is 6.02. The largest absolute Gasteiger partial charge is 0.465 e. The summed E-state index contributed by atoms with van der Waals surface area (Å²) in [5.41, 5.74) is 0.00986. The van der Waals surface area contributed by atoms with Crippen LogP contribution in [0.4, 0.5) is 0 Å². The van der Waals surface area contributed by atoms with E-state index in [0.29, 0.717) is 0 Å². The van der Waals surface area contributed by atoms with Gasteiger partial charge < -0.3 is 9.15 Å². The molecule has 6 nitrogen and oxygen atoms in total. The van der Waals surface area contributed by atoms with Crippen molar-refractivity contribution in [3.63, 3.8) is 0 Å². The molecule has 2 aromatic rings. The molecule has 0 fully saturated rings. The Morgan fingerprint density at radius 2 is 2.33 bits per heavy atom. The molecule has 78 valence electrons. The van der Waals surface area contributed by atoms with Crippen LogP contribution in [0.15, 0.2) is 21.7 Å². The molecule has 6 heteroatoms. The normalized spacial score (nSPS) is 10.5. The van der Waals surface area contributed by atoms with Gasteiger partial charge in [0.25, 0.3) is 5.56 Å². The van der Waals surface area contributed by atoms with E-state index in [-0.39, 0.29) is 22.1 Å². The summed E-state index contributed by atoms with van der Waals surface area (Å²) in [7, 11) is 2.74. The Labute approximate surface area is 84.1 Å². The topological polar surface area (TPSA) is 74.3 Å². The van der Waals surface area contributed by atoms with Gasteiger partial charge in [-0.3, -0.25) is 4.79 Å². The maximum atomic E-state index is 11.7. The van der Waals surface area contributed by atoms with E-state index in [9.17, 15) is 9.59 Å². The van der Waals surface area contributed by atoms with Crippen LogP contribution in [0.25, 0.3) is 11.0 Å². The van der Waals surface area contributed by atoms with E-state index in [1.54, 1.807) is 0 Å². The molecule has 0 aliphatic carbocycles. The molecule has 2 aromatic heterocycles. The Morgan fingerprint density at radius 3 is 3.00 bits per heavy atom. The van der Waals surface area contributed by atoms with Crippen molar-refractivity contribution < 1.29 is 13.9 Å². The van der Waals surface area contributed by atoms with Crippen molar-refractivity contribution in [3.8, 4) is 0 Å². The number of aryl methyl sites for hydroxylation is 1. The monoisotopic (exact) mass is 208 g/mol. The number of methoxy groups -OCH3 is 1. The number of hydrogen-bond donors (Lipinski definition) is 0. The maximum absolute atomic E-state index is 11.7. The van der Waals surface area contributed by atoms with E-state index in [0.717, 1.165) is 4.68 Å². The summed E-state index contributed by atoms with van der Waals surface area (Å²) in [5.74, 6) is -0.600. The molecule has 0 saturated carbocycles. The lowest BCUT2D eigenvalue weighted by molar-refractivity contribution is 0.0602. The number of aromatic nitrogens is 2. The third-order valence-electron chi connectivity index (χ3n) is 2.08. The quantitative estimate of drug-likeness (QED) is 0.630. The zero-order valence-electron chi connectivity index (χ0n) is 8.18. The van der Waals surface area contributed by atoms with Gasteiger partial charge in [-0.05, 0) is 0 Å². The van der Waals surface area contributed by atoms with Crippen molar-refractivity contribution >= 4 is 16.9 Å². The zero-order chi connectivity index (χ0) is 11.0. The van der Waals surface area contributed by atoms with Crippen molar-refractivity contribution in [1.82, 2.24) is 9.78 Å². The molecule has 0 saturated heterocycles. The molecule has 0 aromatic carbocycles. The second-order valence-corrected chi connectivity index (χ2v) is 2.95. The minimum atomic E-state index is -0.600. The molecule has 0 aliphatic heterocycles. The van der Waals surface area contributed by atoms with E-state index in [1.165, 1.54) is 26.6 Å². The third kappa shape index (κ3) is 1.30. The van der Waals surface area contributed by atoms with Gasteiger partial charge in [-0.1, -0.05) is 0 Å². The molecule has 15 heavy (non-hydrogen) atoms. The number of rotatable bonds is 1. The second-order valence-electron chi connectivity index (χ2n) is 2.95. The summed E-state index contributed by atoms with van der Waals surface area (Å²) < 4.78 is 10.7. The van der Waals surface area contributed by atoms with Gasteiger partial charge in [0, 0.05) is 7.05 Å². The lowest BCUT2D eigenvalue weighted by Gasteiger charge is -1.96. The second kappa shape index (κ2) is 3.23. The van der Waals surface area contributed by atoms with Crippen molar-refractivity contribution in [2.75, 3.05) is 7.11 Å². The van der Waals surface area contributed by atoms with Crippen LogP contribution < -0.4 is 5.56 Å². The molecule has 0 unspecified atom stereocenters. The predicted octanol–water partition coefficient (Wildman–Crippen LogP) is 0.313. The number of ether oxygens (including phenoxy) is 1. The summed E-state index contributed by atoms with van der Waals surface area (Å²) in [6, 6.07) is 0. The number of esters is 1. The van der Waals surface area contributed by atoms with Gasteiger partial charge in [-0.15, -0.1) is 0 Å². The first kappa shape index (κ1) is 9.45. The van der Waals surface area contributed by atoms with Gasteiger partial charge in [-0.25, -0.2) is 9.48 Å². The highest BCUT2D eigenvalue weighted by atomic mass is 16.5. The van der Waals surface area contributed by atoms with E-state index >= 15 is 0 Å². The van der Waals surface area contributed by atoms with Crippen molar-refractivity contribution in [1.29, 1.82) is 0 Å². The fourth-order valence-electron chi connectivity index (χ4n) is 1.30. The van der Waals surface area contributed by atoms with Gasteiger partial charge in [0.15, 0.2) is 5.58 Å². The molecule has 0 atom stereocenters. The highest BCUT2D eigenvalue weighted by Crippen LogP contribution is 2.16. The minimum absolute atomic E-state index is 0.121. The van der Waals surface area contributed by atoms with Crippen LogP contribution in [0.2, 0.25) is 0 Å². The number of hydrogen-bond acceptors (Lipinski definition) is 5. The maximum Gasteiger partial charge on any atom is 0.341 e. The molecule has 0 spiro atoms. The number of carbonyl (C=O) groups excluding carboxylic acids is 1. The van der Waals surface area contributed by atoms with E-state index in [2.05, 4.69) is 9.84 Å². The summed E-state index contributed by atoms with van der Waals surface area (Å²) >= 11 is 0. The fourth-order valence-corrected chi connectivity index (χ4v) is 1.30. The van der Waals surface area contributed by atoms with Crippen LogP contribution in [0.5, 0.6) is 0 Å².